The van der Waals surface area contributed by atoms with Gasteiger partial charge in [-0.2, -0.15) is 0 Å². The van der Waals surface area contributed by atoms with Gasteiger partial charge in [0.15, 0.2) is 0 Å². The topological polar surface area (TPSA) is 55.9 Å². The van der Waals surface area contributed by atoms with Crippen molar-refractivity contribution in [2.75, 3.05) is 44.6 Å². The van der Waals surface area contributed by atoms with E-state index in [9.17, 15) is 9.59 Å². The van der Waals surface area contributed by atoms with Crippen molar-refractivity contribution in [3.8, 4) is 0 Å². The number of urea groups is 1. The highest BCUT2D eigenvalue weighted by atomic mass is 79.9. The molecule has 7 heteroatoms. The van der Waals surface area contributed by atoms with Crippen molar-refractivity contribution >= 4 is 33.6 Å². The van der Waals surface area contributed by atoms with E-state index in [4.69, 9.17) is 0 Å². The Balaban J connectivity index is 1.92. The number of benzene rings is 1. The number of likely N-dealkylation sites (N-methyl/N-ethyl adjacent to an activating group) is 1. The van der Waals surface area contributed by atoms with Gasteiger partial charge in [-0.05, 0) is 38.1 Å². The number of anilines is 1. The molecule has 1 aliphatic heterocycles. The summed E-state index contributed by atoms with van der Waals surface area (Å²) in [5, 5.41) is 2.94. The van der Waals surface area contributed by atoms with Crippen LogP contribution in [0.3, 0.4) is 0 Å². The second-order valence-electron chi connectivity index (χ2n) is 6.96. The predicted molar refractivity (Wildman–Crippen MR) is 113 cm³/mol. The van der Waals surface area contributed by atoms with Gasteiger partial charge in [0.25, 0.3) is 0 Å². The van der Waals surface area contributed by atoms with Gasteiger partial charge in [-0.1, -0.05) is 35.8 Å². The number of nitrogens with zero attached hydrogens (tertiary/aromatic N) is 3. The Morgan fingerprint density at radius 3 is 2.52 bits per heavy atom. The molecule has 1 unspecified atom stereocenters. The third-order valence-electron chi connectivity index (χ3n) is 5.20. The molecule has 6 nitrogen and oxygen atoms in total. The van der Waals surface area contributed by atoms with Crippen molar-refractivity contribution in [1.82, 2.24) is 14.7 Å². The third kappa shape index (κ3) is 6.50. The van der Waals surface area contributed by atoms with Crippen LogP contribution in [0.1, 0.15) is 33.6 Å². The fraction of sp³-hybridized carbons (Fsp3) is 0.600. The third-order valence-corrected chi connectivity index (χ3v) is 5.69. The quantitative estimate of drug-likeness (QED) is 0.706. The number of halogens is 1. The molecule has 3 amide bonds. The zero-order valence-electron chi connectivity index (χ0n) is 16.6. The molecule has 150 valence electrons. The molecule has 1 atom stereocenters. The second kappa shape index (κ2) is 10.7. The van der Waals surface area contributed by atoms with E-state index < -0.39 is 0 Å². The summed E-state index contributed by atoms with van der Waals surface area (Å²) in [7, 11) is 0. The van der Waals surface area contributed by atoms with E-state index in [0.717, 1.165) is 49.3 Å². The average molecular weight is 439 g/mol. The molecule has 1 saturated heterocycles. The molecule has 0 bridgehead atoms. The van der Waals surface area contributed by atoms with Gasteiger partial charge < -0.3 is 20.0 Å². The van der Waals surface area contributed by atoms with Gasteiger partial charge in [-0.3, -0.25) is 4.79 Å². The van der Waals surface area contributed by atoms with Gasteiger partial charge in [-0.25, -0.2) is 4.79 Å². The van der Waals surface area contributed by atoms with Crippen LogP contribution >= 0.6 is 15.9 Å². The molecule has 2 rings (SSSR count). The van der Waals surface area contributed by atoms with Gasteiger partial charge >= 0.3 is 6.03 Å². The predicted octanol–water partition coefficient (Wildman–Crippen LogP) is 3.64. The number of amides is 3. The largest absolute Gasteiger partial charge is 0.340 e. The van der Waals surface area contributed by atoms with Crippen LogP contribution in [0, 0.1) is 0 Å². The average Bonchev–Trinajstić information content (AvgIpc) is 2.67. The molecule has 0 saturated carbocycles. The summed E-state index contributed by atoms with van der Waals surface area (Å²) in [5.41, 5.74) is 0.740. The first-order valence-electron chi connectivity index (χ1n) is 9.77. The monoisotopic (exact) mass is 438 g/mol. The normalized spacial score (nSPS) is 16.1. The standard InChI is InChI=1S/C20H31BrN4O2/c1-4-16(3)25(20(27)22-18-8-6-7-17(21)15-18)10-9-19(26)24-13-11-23(5-2)12-14-24/h6-8,15-16H,4-5,9-14H2,1-3H3,(H,22,27). The Labute approximate surface area is 171 Å². The summed E-state index contributed by atoms with van der Waals surface area (Å²) in [4.78, 5) is 31.4. The molecule has 1 aromatic rings. The molecule has 0 radical (unpaired) electrons. The maximum atomic E-state index is 12.8. The lowest BCUT2D eigenvalue weighted by Crippen LogP contribution is -2.49. The first kappa shape index (κ1) is 21.7. The second-order valence-corrected chi connectivity index (χ2v) is 7.87. The van der Waals surface area contributed by atoms with Gasteiger partial charge in [0.05, 0.1) is 0 Å². The van der Waals surface area contributed by atoms with Gasteiger partial charge in [0.2, 0.25) is 5.91 Å². The van der Waals surface area contributed by atoms with Crippen LogP contribution < -0.4 is 5.32 Å². The van der Waals surface area contributed by atoms with E-state index in [1.165, 1.54) is 0 Å². The molecule has 0 aliphatic carbocycles. The van der Waals surface area contributed by atoms with Crippen molar-refractivity contribution in [2.24, 2.45) is 0 Å². The van der Waals surface area contributed by atoms with Crippen LogP contribution in [0.25, 0.3) is 0 Å². The molecule has 1 N–H and O–H groups in total. The lowest BCUT2D eigenvalue weighted by Gasteiger charge is -2.35. The number of hydrogen-bond acceptors (Lipinski definition) is 3. The first-order chi connectivity index (χ1) is 12.9. The Morgan fingerprint density at radius 2 is 1.93 bits per heavy atom. The fourth-order valence-corrected chi connectivity index (χ4v) is 3.59. The Kier molecular flexibility index (Phi) is 8.57. The van der Waals surface area contributed by atoms with Crippen LogP contribution in [0.4, 0.5) is 10.5 Å². The lowest BCUT2D eigenvalue weighted by molar-refractivity contribution is -0.133. The van der Waals surface area contributed by atoms with E-state index >= 15 is 0 Å². The molecule has 27 heavy (non-hydrogen) atoms. The molecule has 1 aromatic carbocycles. The van der Waals surface area contributed by atoms with Crippen molar-refractivity contribution < 1.29 is 9.59 Å². The van der Waals surface area contributed by atoms with E-state index in [-0.39, 0.29) is 18.0 Å². The van der Waals surface area contributed by atoms with Crippen LogP contribution in [0.2, 0.25) is 0 Å². The molecule has 0 aromatic heterocycles. The highest BCUT2D eigenvalue weighted by Crippen LogP contribution is 2.17. The van der Waals surface area contributed by atoms with Crippen molar-refractivity contribution in [1.29, 1.82) is 0 Å². The number of carbonyl (C=O) groups is 2. The summed E-state index contributed by atoms with van der Waals surface area (Å²) in [5.74, 6) is 0.134. The van der Waals surface area contributed by atoms with Crippen LogP contribution in [0.15, 0.2) is 28.7 Å². The minimum Gasteiger partial charge on any atom is -0.340 e. The van der Waals surface area contributed by atoms with Crippen LogP contribution in [0.5, 0.6) is 0 Å². The van der Waals surface area contributed by atoms with E-state index in [1.54, 1.807) is 4.90 Å². The smallest absolute Gasteiger partial charge is 0.322 e. The van der Waals surface area contributed by atoms with E-state index in [1.807, 2.05) is 36.1 Å². The number of piperazine rings is 1. The number of carbonyl (C=O) groups excluding carboxylic acids is 2. The van der Waals surface area contributed by atoms with Crippen molar-refractivity contribution in [3.05, 3.63) is 28.7 Å². The van der Waals surface area contributed by atoms with Gasteiger partial charge in [0, 0.05) is 55.3 Å². The Hall–Kier alpha value is -1.60. The Morgan fingerprint density at radius 1 is 1.22 bits per heavy atom. The molecular weight excluding hydrogens is 408 g/mol. The van der Waals surface area contributed by atoms with Gasteiger partial charge in [-0.15, -0.1) is 0 Å². The summed E-state index contributed by atoms with van der Waals surface area (Å²) in [6.45, 7) is 11.1. The minimum absolute atomic E-state index is 0.0712. The van der Waals surface area contributed by atoms with Gasteiger partial charge in [0.1, 0.15) is 0 Å². The maximum Gasteiger partial charge on any atom is 0.322 e. The van der Waals surface area contributed by atoms with E-state index in [0.29, 0.717) is 13.0 Å². The zero-order valence-corrected chi connectivity index (χ0v) is 18.2. The van der Waals surface area contributed by atoms with Crippen molar-refractivity contribution in [2.45, 2.75) is 39.7 Å². The molecule has 1 aliphatic rings. The fourth-order valence-electron chi connectivity index (χ4n) is 3.19. The highest BCUT2D eigenvalue weighted by molar-refractivity contribution is 9.10. The number of hydrogen-bond donors (Lipinski definition) is 1. The number of rotatable bonds is 7. The molecular formula is C20H31BrN4O2. The summed E-state index contributed by atoms with van der Waals surface area (Å²) >= 11 is 3.42. The number of nitrogens with one attached hydrogen (secondary N) is 1. The van der Waals surface area contributed by atoms with Crippen LogP contribution in [-0.4, -0.2) is 71.9 Å². The lowest BCUT2D eigenvalue weighted by atomic mass is 10.2. The molecule has 1 fully saturated rings. The summed E-state index contributed by atoms with van der Waals surface area (Å²) in [6, 6.07) is 7.43. The zero-order chi connectivity index (χ0) is 19.8. The summed E-state index contributed by atoms with van der Waals surface area (Å²) < 4.78 is 0.914. The minimum atomic E-state index is -0.161. The van der Waals surface area contributed by atoms with Crippen LogP contribution in [-0.2, 0) is 4.79 Å². The molecule has 1 heterocycles. The highest BCUT2D eigenvalue weighted by Gasteiger charge is 2.24. The molecule has 0 spiro atoms. The van der Waals surface area contributed by atoms with E-state index in [2.05, 4.69) is 40.0 Å². The van der Waals surface area contributed by atoms with Crippen molar-refractivity contribution in [3.63, 3.8) is 0 Å². The maximum absolute atomic E-state index is 12.8. The Bertz CT molecular complexity index is 632. The SMILES string of the molecule is CCC(C)N(CCC(=O)N1CCN(CC)CC1)C(=O)Nc1cccc(Br)c1. The first-order valence-corrected chi connectivity index (χ1v) is 10.6. The summed E-state index contributed by atoms with van der Waals surface area (Å²) in [6.07, 6.45) is 1.21.